The number of alkyl halides is 1. The normalized spacial score (nSPS) is 30.7. The third-order valence-corrected chi connectivity index (χ3v) is 3.78. The maximum Gasteiger partial charge on any atom is 0.0926 e. The van der Waals surface area contributed by atoms with E-state index in [0.717, 1.165) is 18.4 Å². The van der Waals surface area contributed by atoms with Crippen molar-refractivity contribution in [3.8, 4) is 0 Å². The lowest BCUT2D eigenvalue weighted by molar-refractivity contribution is -0.0254. The first-order valence-electron chi connectivity index (χ1n) is 5.25. The van der Waals surface area contributed by atoms with E-state index in [1.165, 1.54) is 0 Å². The largest absolute Gasteiger partial charge is 0.389 e. The lowest BCUT2D eigenvalue weighted by Crippen LogP contribution is -2.27. The molecule has 2 rings (SSSR count). The topological polar surface area (TPSA) is 29.5 Å². The Morgan fingerprint density at radius 3 is 2.60 bits per heavy atom. The van der Waals surface area contributed by atoms with Crippen LogP contribution in [0.5, 0.6) is 0 Å². The molecule has 0 unspecified atom stereocenters. The average molecular weight is 271 g/mol. The van der Waals surface area contributed by atoms with Crippen molar-refractivity contribution in [1.29, 1.82) is 0 Å². The van der Waals surface area contributed by atoms with Crippen LogP contribution in [-0.2, 0) is 11.3 Å². The zero-order valence-corrected chi connectivity index (χ0v) is 10.1. The molecule has 1 N–H and O–H groups in total. The number of aliphatic hydroxyl groups is 1. The lowest BCUT2D eigenvalue weighted by Gasteiger charge is -2.17. The minimum absolute atomic E-state index is 0.0189. The first kappa shape index (κ1) is 11.1. The van der Waals surface area contributed by atoms with Crippen LogP contribution in [0, 0.1) is 0 Å². The van der Waals surface area contributed by atoms with E-state index in [9.17, 15) is 5.11 Å². The van der Waals surface area contributed by atoms with Crippen LogP contribution >= 0.6 is 15.9 Å². The Bertz CT molecular complexity index is 302. The van der Waals surface area contributed by atoms with E-state index < -0.39 is 0 Å². The van der Waals surface area contributed by atoms with Gasteiger partial charge in [0.15, 0.2) is 0 Å². The Labute approximate surface area is 98.4 Å². The molecule has 3 atom stereocenters. The minimum atomic E-state index is -0.367. The van der Waals surface area contributed by atoms with Gasteiger partial charge in [-0.1, -0.05) is 46.3 Å². The number of hydrogen-bond acceptors (Lipinski definition) is 2. The summed E-state index contributed by atoms with van der Waals surface area (Å²) >= 11 is 3.44. The van der Waals surface area contributed by atoms with E-state index in [-0.39, 0.29) is 17.0 Å². The van der Waals surface area contributed by atoms with Gasteiger partial charge < -0.3 is 9.84 Å². The summed E-state index contributed by atoms with van der Waals surface area (Å²) in [6.45, 7) is 0.586. The van der Waals surface area contributed by atoms with Gasteiger partial charge in [-0.2, -0.15) is 0 Å². The van der Waals surface area contributed by atoms with Crippen LogP contribution in [0.3, 0.4) is 0 Å². The van der Waals surface area contributed by atoms with Crippen molar-refractivity contribution in [2.45, 2.75) is 36.5 Å². The molecule has 82 valence electrons. The van der Waals surface area contributed by atoms with Gasteiger partial charge in [0.1, 0.15) is 0 Å². The summed E-state index contributed by atoms with van der Waals surface area (Å²) < 4.78 is 5.69. The highest BCUT2D eigenvalue weighted by atomic mass is 79.9. The van der Waals surface area contributed by atoms with E-state index in [1.807, 2.05) is 30.3 Å². The Morgan fingerprint density at radius 1 is 1.27 bits per heavy atom. The van der Waals surface area contributed by atoms with Crippen molar-refractivity contribution in [3.63, 3.8) is 0 Å². The highest BCUT2D eigenvalue weighted by Crippen LogP contribution is 2.28. The molecule has 1 aromatic rings. The van der Waals surface area contributed by atoms with Gasteiger partial charge in [-0.15, -0.1) is 0 Å². The summed E-state index contributed by atoms with van der Waals surface area (Å²) in [5.41, 5.74) is 1.16. The molecule has 1 fully saturated rings. The summed E-state index contributed by atoms with van der Waals surface area (Å²) in [4.78, 5) is 0.193. The summed E-state index contributed by atoms with van der Waals surface area (Å²) in [7, 11) is 0. The zero-order valence-electron chi connectivity index (χ0n) is 8.47. The van der Waals surface area contributed by atoms with Crippen molar-refractivity contribution in [2.24, 2.45) is 0 Å². The van der Waals surface area contributed by atoms with Gasteiger partial charge in [-0.05, 0) is 18.4 Å². The summed E-state index contributed by atoms with van der Waals surface area (Å²) in [6.07, 6.45) is 1.54. The van der Waals surface area contributed by atoms with Crippen molar-refractivity contribution in [3.05, 3.63) is 35.9 Å². The third kappa shape index (κ3) is 2.80. The molecule has 0 saturated heterocycles. The van der Waals surface area contributed by atoms with Gasteiger partial charge in [-0.25, -0.2) is 0 Å². The Morgan fingerprint density at radius 2 is 2.00 bits per heavy atom. The quantitative estimate of drug-likeness (QED) is 0.856. The monoisotopic (exact) mass is 270 g/mol. The molecule has 0 bridgehead atoms. The van der Waals surface area contributed by atoms with Crippen LogP contribution in [0.1, 0.15) is 18.4 Å². The Hall–Kier alpha value is -0.380. The number of rotatable bonds is 3. The summed E-state index contributed by atoms with van der Waals surface area (Å²) in [6, 6.07) is 10.1. The standard InChI is InChI=1S/C12H15BrO2/c13-10-6-7-11(12(10)14)15-8-9-4-2-1-3-5-9/h1-5,10-12,14H,6-8H2/t10-,11+,12+/m0/s1. The van der Waals surface area contributed by atoms with Crippen LogP contribution in [-0.4, -0.2) is 22.1 Å². The zero-order chi connectivity index (χ0) is 10.7. The fourth-order valence-electron chi connectivity index (χ4n) is 1.86. The fraction of sp³-hybridized carbons (Fsp3) is 0.500. The summed E-state index contributed by atoms with van der Waals surface area (Å²) in [5, 5.41) is 9.76. The van der Waals surface area contributed by atoms with E-state index >= 15 is 0 Å². The highest BCUT2D eigenvalue weighted by molar-refractivity contribution is 9.09. The molecular formula is C12H15BrO2. The van der Waals surface area contributed by atoms with E-state index in [0.29, 0.717) is 6.61 Å². The Kier molecular flexibility index (Phi) is 3.78. The molecule has 15 heavy (non-hydrogen) atoms. The lowest BCUT2D eigenvalue weighted by atomic mass is 10.2. The molecule has 0 amide bonds. The molecule has 3 heteroatoms. The maximum atomic E-state index is 9.76. The van der Waals surface area contributed by atoms with Crippen molar-refractivity contribution < 1.29 is 9.84 Å². The van der Waals surface area contributed by atoms with E-state index in [1.54, 1.807) is 0 Å². The number of aliphatic hydroxyl groups excluding tert-OH is 1. The van der Waals surface area contributed by atoms with Crippen LogP contribution < -0.4 is 0 Å². The molecule has 1 aliphatic rings. The van der Waals surface area contributed by atoms with Gasteiger partial charge in [0.25, 0.3) is 0 Å². The fourth-order valence-corrected chi connectivity index (χ4v) is 2.46. The molecule has 2 nitrogen and oxygen atoms in total. The second kappa shape index (κ2) is 5.10. The van der Waals surface area contributed by atoms with Gasteiger partial charge in [0.05, 0.1) is 18.8 Å². The number of benzene rings is 1. The van der Waals surface area contributed by atoms with Crippen molar-refractivity contribution >= 4 is 15.9 Å². The Balaban J connectivity index is 1.84. The van der Waals surface area contributed by atoms with E-state index in [4.69, 9.17) is 4.74 Å². The second-order valence-electron chi connectivity index (χ2n) is 3.92. The predicted molar refractivity (Wildman–Crippen MR) is 63.0 cm³/mol. The smallest absolute Gasteiger partial charge is 0.0926 e. The maximum absolute atomic E-state index is 9.76. The van der Waals surface area contributed by atoms with Crippen LogP contribution in [0.25, 0.3) is 0 Å². The molecular weight excluding hydrogens is 256 g/mol. The SMILES string of the molecule is O[C@@H]1[C@@H](Br)CC[C@H]1OCc1ccccc1. The molecule has 1 saturated carbocycles. The minimum Gasteiger partial charge on any atom is -0.389 e. The van der Waals surface area contributed by atoms with Gasteiger partial charge in [0.2, 0.25) is 0 Å². The number of ether oxygens (including phenoxy) is 1. The van der Waals surface area contributed by atoms with Crippen molar-refractivity contribution in [2.75, 3.05) is 0 Å². The van der Waals surface area contributed by atoms with Crippen LogP contribution in [0.15, 0.2) is 30.3 Å². The first-order chi connectivity index (χ1) is 7.27. The summed E-state index contributed by atoms with van der Waals surface area (Å²) in [5.74, 6) is 0. The molecule has 1 aromatic carbocycles. The highest BCUT2D eigenvalue weighted by Gasteiger charge is 2.33. The third-order valence-electron chi connectivity index (χ3n) is 2.79. The molecule has 0 aliphatic heterocycles. The molecule has 0 spiro atoms. The first-order valence-corrected chi connectivity index (χ1v) is 6.16. The van der Waals surface area contributed by atoms with Crippen molar-refractivity contribution in [1.82, 2.24) is 0 Å². The van der Waals surface area contributed by atoms with Crippen LogP contribution in [0.4, 0.5) is 0 Å². The second-order valence-corrected chi connectivity index (χ2v) is 5.10. The number of hydrogen-bond donors (Lipinski definition) is 1. The molecule has 0 radical (unpaired) electrons. The van der Waals surface area contributed by atoms with Gasteiger partial charge in [-0.3, -0.25) is 0 Å². The molecule has 0 aromatic heterocycles. The van der Waals surface area contributed by atoms with Gasteiger partial charge >= 0.3 is 0 Å². The average Bonchev–Trinajstić information content (AvgIpc) is 2.59. The van der Waals surface area contributed by atoms with Crippen LogP contribution in [0.2, 0.25) is 0 Å². The molecule has 0 heterocycles. The molecule has 1 aliphatic carbocycles. The van der Waals surface area contributed by atoms with Gasteiger partial charge in [0, 0.05) is 4.83 Å². The van der Waals surface area contributed by atoms with E-state index in [2.05, 4.69) is 15.9 Å². The predicted octanol–water partition coefficient (Wildman–Crippen LogP) is 2.49. The number of halogens is 1.